The second-order valence-corrected chi connectivity index (χ2v) is 17.8. The van der Waals surface area contributed by atoms with Crippen LogP contribution in [0.2, 0.25) is 0 Å². The van der Waals surface area contributed by atoms with Crippen molar-refractivity contribution < 1.29 is 19.1 Å². The van der Waals surface area contributed by atoms with Crippen molar-refractivity contribution in [3.63, 3.8) is 0 Å². The Balaban J connectivity index is 3.48. The summed E-state index contributed by atoms with van der Waals surface area (Å²) in [6.07, 6.45) is 48.0. The molecule has 0 spiro atoms. The molecule has 0 saturated carbocycles. The number of carbonyl (C=O) groups excluding carboxylic acids is 2. The first-order valence-corrected chi connectivity index (χ1v) is 26.5. The second kappa shape index (κ2) is 52.5. The van der Waals surface area contributed by atoms with Crippen LogP contribution in [0.25, 0.3) is 0 Å². The molecule has 0 bridgehead atoms. The summed E-state index contributed by atoms with van der Waals surface area (Å²) in [4.78, 5) is 26.3. The van der Waals surface area contributed by atoms with Crippen molar-refractivity contribution in [2.24, 2.45) is 0 Å². The van der Waals surface area contributed by atoms with E-state index in [-0.39, 0.29) is 11.9 Å². The van der Waals surface area contributed by atoms with Gasteiger partial charge in [0.2, 0.25) is 0 Å². The van der Waals surface area contributed by atoms with Gasteiger partial charge < -0.3 is 9.47 Å². The molecule has 0 aliphatic rings. The summed E-state index contributed by atoms with van der Waals surface area (Å²) >= 11 is 0. The van der Waals surface area contributed by atoms with Gasteiger partial charge >= 0.3 is 11.9 Å². The van der Waals surface area contributed by atoms with Crippen LogP contribution in [0, 0.1) is 47.4 Å². The minimum atomic E-state index is -0.122. The third-order valence-corrected chi connectivity index (χ3v) is 11.6. The molecule has 0 radical (unpaired) electrons. The molecule has 5 nitrogen and oxygen atoms in total. The van der Waals surface area contributed by atoms with Gasteiger partial charge in [0.25, 0.3) is 0 Å². The predicted octanol–water partition coefficient (Wildman–Crippen LogP) is 15.7. The van der Waals surface area contributed by atoms with Crippen LogP contribution in [-0.4, -0.2) is 50.2 Å². The Labute approximate surface area is 385 Å². The van der Waals surface area contributed by atoms with E-state index < -0.39 is 0 Å². The Kier molecular flexibility index (Phi) is 50.1. The number of ether oxygens (including phenoxy) is 2. The molecule has 0 rings (SSSR count). The SMILES string of the molecule is CCCCCCCCCCCCCC#CC#CCCCCCCCCC(=O)OCCN(C)CCOC(=O)CCCCCCCCC#CC#CCCCCCCCCCCCCC. The quantitative estimate of drug-likeness (QED) is 0.0347. The van der Waals surface area contributed by atoms with Crippen LogP contribution in [0.1, 0.15) is 271 Å². The third-order valence-electron chi connectivity index (χ3n) is 11.6. The second-order valence-electron chi connectivity index (χ2n) is 17.8. The van der Waals surface area contributed by atoms with Crippen molar-refractivity contribution in [2.45, 2.75) is 271 Å². The van der Waals surface area contributed by atoms with Gasteiger partial charge in [-0.05, 0) is 69.3 Å². The van der Waals surface area contributed by atoms with Gasteiger partial charge in [-0.15, -0.1) is 0 Å². The molecule has 0 aromatic rings. The standard InChI is InChI=1S/C57H97NO4/c1-4-6-8-10-12-14-16-18-20-22-24-26-28-30-32-34-36-38-40-42-44-46-48-50-56(59)61-54-52-58(3)53-55-62-57(60)51-49-47-45-43-41-39-37-35-33-31-29-27-25-23-21-19-17-15-13-11-9-7-5-2/h4-27,36-55H2,1-3H3. The van der Waals surface area contributed by atoms with E-state index in [1.165, 1.54) is 167 Å². The zero-order valence-electron chi connectivity index (χ0n) is 41.2. The zero-order chi connectivity index (χ0) is 44.9. The monoisotopic (exact) mass is 860 g/mol. The van der Waals surface area contributed by atoms with Crippen LogP contribution < -0.4 is 0 Å². The predicted molar refractivity (Wildman–Crippen MR) is 267 cm³/mol. The highest BCUT2D eigenvalue weighted by Crippen LogP contribution is 2.14. The van der Waals surface area contributed by atoms with Crippen molar-refractivity contribution >= 4 is 11.9 Å². The molecule has 354 valence electrons. The molecule has 62 heavy (non-hydrogen) atoms. The molecule has 0 aliphatic carbocycles. The Morgan fingerprint density at radius 2 is 0.565 bits per heavy atom. The molecule has 0 aromatic carbocycles. The molecule has 0 heterocycles. The van der Waals surface area contributed by atoms with Gasteiger partial charge in [0, 0.05) is 51.6 Å². The molecular formula is C57H97NO4. The van der Waals surface area contributed by atoms with Crippen LogP contribution in [0.4, 0.5) is 0 Å². The van der Waals surface area contributed by atoms with E-state index in [1.54, 1.807) is 0 Å². The van der Waals surface area contributed by atoms with Crippen LogP contribution >= 0.6 is 0 Å². The third kappa shape index (κ3) is 51.5. The molecule has 0 aromatic heterocycles. The highest BCUT2D eigenvalue weighted by Gasteiger charge is 2.07. The average Bonchev–Trinajstić information content (AvgIpc) is 3.27. The van der Waals surface area contributed by atoms with Gasteiger partial charge in [0.05, 0.1) is 0 Å². The number of carbonyl (C=O) groups is 2. The van der Waals surface area contributed by atoms with E-state index in [0.29, 0.717) is 39.1 Å². The molecule has 0 atom stereocenters. The van der Waals surface area contributed by atoms with E-state index in [1.807, 2.05) is 11.9 Å². The highest BCUT2D eigenvalue weighted by molar-refractivity contribution is 5.69. The fourth-order valence-electron chi connectivity index (χ4n) is 7.45. The lowest BCUT2D eigenvalue weighted by Gasteiger charge is -2.16. The van der Waals surface area contributed by atoms with Crippen molar-refractivity contribution in [1.29, 1.82) is 0 Å². The molecule has 0 amide bonds. The van der Waals surface area contributed by atoms with Crippen molar-refractivity contribution in [1.82, 2.24) is 4.90 Å². The van der Waals surface area contributed by atoms with Gasteiger partial charge in [-0.3, -0.25) is 14.5 Å². The summed E-state index contributed by atoms with van der Waals surface area (Å²) in [6, 6.07) is 0. The Morgan fingerprint density at radius 3 is 0.823 bits per heavy atom. The van der Waals surface area contributed by atoms with Crippen LogP contribution in [0.15, 0.2) is 0 Å². The number of hydrogen-bond acceptors (Lipinski definition) is 5. The Hall–Kier alpha value is -2.86. The number of esters is 2. The van der Waals surface area contributed by atoms with Gasteiger partial charge in [-0.2, -0.15) is 0 Å². The molecule has 0 N–H and O–H groups in total. The number of unbranched alkanes of at least 4 members (excludes halogenated alkanes) is 34. The van der Waals surface area contributed by atoms with Crippen molar-refractivity contribution in [3.05, 3.63) is 0 Å². The van der Waals surface area contributed by atoms with Crippen LogP contribution in [0.3, 0.4) is 0 Å². The van der Waals surface area contributed by atoms with Gasteiger partial charge in [-0.25, -0.2) is 0 Å². The molecule has 0 saturated heterocycles. The Morgan fingerprint density at radius 1 is 0.339 bits per heavy atom. The van der Waals surface area contributed by atoms with E-state index in [0.717, 1.165) is 77.0 Å². The van der Waals surface area contributed by atoms with Crippen LogP contribution in [-0.2, 0) is 19.1 Å². The maximum Gasteiger partial charge on any atom is 0.305 e. The smallest absolute Gasteiger partial charge is 0.305 e. The maximum absolute atomic E-state index is 12.1. The van der Waals surface area contributed by atoms with E-state index >= 15 is 0 Å². The van der Waals surface area contributed by atoms with E-state index in [4.69, 9.17) is 9.47 Å². The highest BCUT2D eigenvalue weighted by atomic mass is 16.5. The van der Waals surface area contributed by atoms with Gasteiger partial charge in [-0.1, -0.05) is 217 Å². The lowest BCUT2D eigenvalue weighted by atomic mass is 10.1. The molecule has 0 fully saturated rings. The number of nitrogens with zero attached hydrogens (tertiary/aromatic N) is 1. The summed E-state index contributed by atoms with van der Waals surface area (Å²) in [5, 5.41) is 0. The molecule has 0 aliphatic heterocycles. The van der Waals surface area contributed by atoms with Crippen LogP contribution in [0.5, 0.6) is 0 Å². The topological polar surface area (TPSA) is 55.8 Å². The average molecular weight is 860 g/mol. The fourth-order valence-corrected chi connectivity index (χ4v) is 7.45. The lowest BCUT2D eigenvalue weighted by molar-refractivity contribution is -0.144. The first-order valence-electron chi connectivity index (χ1n) is 26.5. The summed E-state index contributed by atoms with van der Waals surface area (Å²) in [5.74, 6) is 24.7. The first-order chi connectivity index (χ1) is 30.6. The normalized spacial score (nSPS) is 10.5. The minimum absolute atomic E-state index is 0.122. The number of rotatable bonds is 44. The largest absolute Gasteiger partial charge is 0.464 e. The van der Waals surface area contributed by atoms with Gasteiger partial charge in [0.15, 0.2) is 0 Å². The van der Waals surface area contributed by atoms with E-state index in [2.05, 4.69) is 61.2 Å². The first kappa shape index (κ1) is 59.1. The molecule has 5 heteroatoms. The summed E-state index contributed by atoms with van der Waals surface area (Å²) in [6.45, 7) is 6.56. The maximum atomic E-state index is 12.1. The fraction of sp³-hybridized carbons (Fsp3) is 0.825. The molecule has 0 unspecified atom stereocenters. The molecular weight excluding hydrogens is 763 g/mol. The lowest BCUT2D eigenvalue weighted by Crippen LogP contribution is -2.28. The number of hydrogen-bond donors (Lipinski definition) is 0. The van der Waals surface area contributed by atoms with E-state index in [9.17, 15) is 9.59 Å². The minimum Gasteiger partial charge on any atom is -0.464 e. The van der Waals surface area contributed by atoms with Gasteiger partial charge in [0.1, 0.15) is 13.2 Å². The summed E-state index contributed by atoms with van der Waals surface area (Å²) in [7, 11) is 1.96. The van der Waals surface area contributed by atoms with Crippen molar-refractivity contribution in [3.8, 4) is 47.4 Å². The summed E-state index contributed by atoms with van der Waals surface area (Å²) in [5.41, 5.74) is 0. The van der Waals surface area contributed by atoms with Crippen molar-refractivity contribution in [2.75, 3.05) is 33.4 Å². The Bertz CT molecular complexity index is 1150. The zero-order valence-corrected chi connectivity index (χ0v) is 41.2. The summed E-state index contributed by atoms with van der Waals surface area (Å²) < 4.78 is 10.8. The number of likely N-dealkylation sites (N-methyl/N-ethyl adjacent to an activating group) is 1.